The molecule has 0 amide bonds. The van der Waals surface area contributed by atoms with Gasteiger partial charge in [-0.1, -0.05) is 17.3 Å². The fourth-order valence-corrected chi connectivity index (χ4v) is 3.24. The van der Waals surface area contributed by atoms with E-state index >= 15 is 0 Å². The van der Waals surface area contributed by atoms with Crippen molar-refractivity contribution in [1.82, 2.24) is 29.9 Å². The smallest absolute Gasteiger partial charge is 0.123 e. The molecular weight excluding hydrogens is 351 g/mol. The maximum atomic E-state index is 13.4. The van der Waals surface area contributed by atoms with Crippen molar-refractivity contribution in [2.75, 3.05) is 6.61 Å². The molecule has 1 aromatic carbocycles. The standard InChI is InChI=1S/C18H21FN6O2/c1-24-6-5-20-17(24)8-21-18-15(26)11-27-16(18)10-25-9-14(22-23-25)12-3-2-4-13(19)7-12/h2-7,9,15-16,18,21,26H,8,10-11H2,1H3/t15-,16+,18+/m0/s1. The van der Waals surface area contributed by atoms with Crippen molar-refractivity contribution in [2.24, 2.45) is 7.05 Å². The Morgan fingerprint density at radius 3 is 3.07 bits per heavy atom. The first-order valence-corrected chi connectivity index (χ1v) is 8.75. The van der Waals surface area contributed by atoms with Gasteiger partial charge in [0.05, 0.1) is 44.1 Å². The lowest BCUT2D eigenvalue weighted by molar-refractivity contribution is 0.0741. The highest BCUT2D eigenvalue weighted by molar-refractivity contribution is 5.57. The number of benzene rings is 1. The summed E-state index contributed by atoms with van der Waals surface area (Å²) >= 11 is 0. The molecule has 0 radical (unpaired) electrons. The van der Waals surface area contributed by atoms with Crippen LogP contribution in [0.15, 0.2) is 42.9 Å². The van der Waals surface area contributed by atoms with Crippen molar-refractivity contribution in [3.05, 3.63) is 54.5 Å². The van der Waals surface area contributed by atoms with Gasteiger partial charge in [-0.05, 0) is 12.1 Å². The third kappa shape index (κ3) is 3.90. The van der Waals surface area contributed by atoms with E-state index in [-0.39, 0.29) is 24.6 Å². The van der Waals surface area contributed by atoms with Gasteiger partial charge in [0.25, 0.3) is 0 Å². The zero-order valence-corrected chi connectivity index (χ0v) is 14.9. The Labute approximate surface area is 155 Å². The molecule has 0 saturated carbocycles. The van der Waals surface area contributed by atoms with E-state index < -0.39 is 6.10 Å². The largest absolute Gasteiger partial charge is 0.389 e. The molecule has 142 valence electrons. The summed E-state index contributed by atoms with van der Waals surface area (Å²) in [5, 5.41) is 21.8. The predicted molar refractivity (Wildman–Crippen MR) is 95.0 cm³/mol. The summed E-state index contributed by atoms with van der Waals surface area (Å²) in [7, 11) is 1.92. The van der Waals surface area contributed by atoms with Crippen molar-refractivity contribution >= 4 is 0 Å². The van der Waals surface area contributed by atoms with Crippen LogP contribution in [-0.2, 0) is 24.9 Å². The highest BCUT2D eigenvalue weighted by atomic mass is 19.1. The summed E-state index contributed by atoms with van der Waals surface area (Å²) in [5.74, 6) is 0.560. The van der Waals surface area contributed by atoms with Gasteiger partial charge in [0.15, 0.2) is 0 Å². The molecule has 1 aliphatic heterocycles. The van der Waals surface area contributed by atoms with Crippen LogP contribution in [-0.4, -0.2) is 54.5 Å². The van der Waals surface area contributed by atoms with Gasteiger partial charge in [-0.15, -0.1) is 5.10 Å². The second-order valence-corrected chi connectivity index (χ2v) is 6.64. The van der Waals surface area contributed by atoms with Gasteiger partial charge < -0.3 is 19.7 Å². The summed E-state index contributed by atoms with van der Waals surface area (Å²) in [5.41, 5.74) is 1.25. The minimum absolute atomic E-state index is 0.247. The average molecular weight is 372 g/mol. The van der Waals surface area contributed by atoms with Crippen LogP contribution >= 0.6 is 0 Å². The lowest BCUT2D eigenvalue weighted by Crippen LogP contribution is -2.45. The number of aryl methyl sites for hydroxylation is 1. The van der Waals surface area contributed by atoms with Crippen LogP contribution in [0.2, 0.25) is 0 Å². The molecule has 1 saturated heterocycles. The topological polar surface area (TPSA) is 90.0 Å². The number of nitrogens with one attached hydrogen (secondary N) is 1. The minimum atomic E-state index is -0.610. The summed E-state index contributed by atoms with van der Waals surface area (Å²) in [6, 6.07) is 5.98. The molecule has 8 nitrogen and oxygen atoms in total. The van der Waals surface area contributed by atoms with Gasteiger partial charge in [-0.25, -0.2) is 14.1 Å². The van der Waals surface area contributed by atoms with Crippen LogP contribution in [0.1, 0.15) is 5.82 Å². The third-order valence-corrected chi connectivity index (χ3v) is 4.74. The Balaban J connectivity index is 1.43. The highest BCUT2D eigenvalue weighted by Crippen LogP contribution is 2.20. The van der Waals surface area contributed by atoms with Gasteiger partial charge in [-0.2, -0.15) is 0 Å². The van der Waals surface area contributed by atoms with E-state index in [4.69, 9.17) is 4.74 Å². The summed E-state index contributed by atoms with van der Waals surface area (Å²) in [6.45, 7) is 1.21. The van der Waals surface area contributed by atoms with Gasteiger partial charge >= 0.3 is 0 Å². The van der Waals surface area contributed by atoms with E-state index in [1.54, 1.807) is 29.2 Å². The van der Waals surface area contributed by atoms with E-state index in [9.17, 15) is 9.50 Å². The average Bonchev–Trinajstić information content (AvgIpc) is 3.36. The van der Waals surface area contributed by atoms with Crippen molar-refractivity contribution in [3.8, 4) is 11.3 Å². The summed E-state index contributed by atoms with van der Waals surface area (Å²) in [4.78, 5) is 4.27. The normalized spacial score (nSPS) is 22.4. The highest BCUT2D eigenvalue weighted by Gasteiger charge is 2.36. The van der Waals surface area contributed by atoms with E-state index in [2.05, 4.69) is 20.6 Å². The molecule has 3 heterocycles. The second-order valence-electron chi connectivity index (χ2n) is 6.64. The monoisotopic (exact) mass is 372 g/mol. The first-order chi connectivity index (χ1) is 13.1. The molecule has 0 aliphatic carbocycles. The lowest BCUT2D eigenvalue weighted by atomic mass is 10.1. The number of rotatable bonds is 6. The molecule has 1 aliphatic rings. The van der Waals surface area contributed by atoms with Crippen LogP contribution in [0.5, 0.6) is 0 Å². The van der Waals surface area contributed by atoms with Gasteiger partial charge in [0, 0.05) is 25.0 Å². The van der Waals surface area contributed by atoms with Crippen molar-refractivity contribution in [1.29, 1.82) is 0 Å². The molecule has 2 N–H and O–H groups in total. The number of imidazole rings is 1. The summed E-state index contributed by atoms with van der Waals surface area (Å²) < 4.78 is 22.7. The number of hydrogen-bond acceptors (Lipinski definition) is 6. The van der Waals surface area contributed by atoms with Crippen LogP contribution in [0.3, 0.4) is 0 Å². The number of nitrogens with zero attached hydrogens (tertiary/aromatic N) is 5. The predicted octanol–water partition coefficient (Wildman–Crippen LogP) is 0.736. The molecule has 3 aromatic rings. The van der Waals surface area contributed by atoms with E-state index in [0.29, 0.717) is 24.3 Å². The molecule has 0 spiro atoms. The van der Waals surface area contributed by atoms with Gasteiger partial charge in [0.2, 0.25) is 0 Å². The maximum absolute atomic E-state index is 13.4. The minimum Gasteiger partial charge on any atom is -0.389 e. The quantitative estimate of drug-likeness (QED) is 0.663. The Bertz CT molecular complexity index is 911. The molecule has 2 aromatic heterocycles. The first kappa shape index (κ1) is 17.8. The molecular formula is C18H21FN6O2. The van der Waals surface area contributed by atoms with E-state index in [1.165, 1.54) is 12.1 Å². The molecule has 0 unspecified atom stereocenters. The number of aliphatic hydroxyl groups excluding tert-OH is 1. The Morgan fingerprint density at radius 2 is 2.30 bits per heavy atom. The van der Waals surface area contributed by atoms with Crippen LogP contribution in [0.4, 0.5) is 4.39 Å². The zero-order valence-electron chi connectivity index (χ0n) is 14.9. The fraction of sp³-hybridized carbons (Fsp3) is 0.389. The van der Waals surface area contributed by atoms with Crippen LogP contribution < -0.4 is 5.32 Å². The Morgan fingerprint density at radius 1 is 1.41 bits per heavy atom. The Hall–Kier alpha value is -2.62. The number of hydrogen-bond donors (Lipinski definition) is 2. The van der Waals surface area contributed by atoms with Gasteiger partial charge in [-0.3, -0.25) is 0 Å². The number of aliphatic hydroxyl groups is 1. The molecule has 4 rings (SSSR count). The Kier molecular flexibility index (Phi) is 4.97. The first-order valence-electron chi connectivity index (χ1n) is 8.75. The summed E-state index contributed by atoms with van der Waals surface area (Å²) in [6.07, 6.45) is 4.49. The van der Waals surface area contributed by atoms with E-state index in [0.717, 1.165) is 5.82 Å². The van der Waals surface area contributed by atoms with Crippen molar-refractivity contribution in [3.63, 3.8) is 0 Å². The number of halogens is 1. The molecule has 0 bridgehead atoms. The number of ether oxygens (including phenoxy) is 1. The third-order valence-electron chi connectivity index (χ3n) is 4.74. The van der Waals surface area contributed by atoms with Crippen LogP contribution in [0.25, 0.3) is 11.3 Å². The maximum Gasteiger partial charge on any atom is 0.123 e. The zero-order chi connectivity index (χ0) is 18.8. The second kappa shape index (κ2) is 7.55. The van der Waals surface area contributed by atoms with Crippen molar-refractivity contribution < 1.29 is 14.2 Å². The molecule has 27 heavy (non-hydrogen) atoms. The van der Waals surface area contributed by atoms with E-state index in [1.807, 2.05) is 17.8 Å². The van der Waals surface area contributed by atoms with Crippen LogP contribution in [0, 0.1) is 5.82 Å². The molecule has 3 atom stereocenters. The fourth-order valence-electron chi connectivity index (χ4n) is 3.24. The molecule has 9 heteroatoms. The molecule has 1 fully saturated rings. The SMILES string of the molecule is Cn1ccnc1CN[C@@H]1[C@@H](O)CO[C@@H]1Cn1cc(-c2cccc(F)c2)nn1. The lowest BCUT2D eigenvalue weighted by Gasteiger charge is -2.21. The van der Waals surface area contributed by atoms with Gasteiger partial charge in [0.1, 0.15) is 17.3 Å². The number of aromatic nitrogens is 5. The van der Waals surface area contributed by atoms with Crippen molar-refractivity contribution in [2.45, 2.75) is 31.3 Å².